The first-order chi connectivity index (χ1) is 9.15. The number of rotatable bonds is 8. The Morgan fingerprint density at radius 2 is 1.85 bits per heavy atom. The highest BCUT2D eigenvalue weighted by Gasteiger charge is 2.27. The van der Waals surface area contributed by atoms with Gasteiger partial charge in [0.15, 0.2) is 6.04 Å². The third kappa shape index (κ3) is 7.59. The molecule has 3 atom stereocenters. The van der Waals surface area contributed by atoms with Gasteiger partial charge in [-0.05, 0) is 19.8 Å². The summed E-state index contributed by atoms with van der Waals surface area (Å²) in [7, 11) is -3.20. The zero-order valence-electron chi connectivity index (χ0n) is 12.1. The summed E-state index contributed by atoms with van der Waals surface area (Å²) in [4.78, 5) is 32.2. The van der Waals surface area contributed by atoms with E-state index in [0.29, 0.717) is 0 Å². The van der Waals surface area contributed by atoms with Crippen molar-refractivity contribution in [2.45, 2.75) is 45.9 Å². The standard InChI is InChI=1S/C11H23N2O6P/c1-6(2)9(12)10(14)13-8(5-18-20(16)17)11(15)19-7(3)4/h6-9,20H,5,12H2,1-4H3,(H,13,14)(H,16,17)/t8-,9+/m0/s1. The molecule has 1 unspecified atom stereocenters. The molecule has 118 valence electrons. The molecule has 8 nitrogen and oxygen atoms in total. The number of hydrogen-bond donors (Lipinski definition) is 3. The first kappa shape index (κ1) is 19.1. The van der Waals surface area contributed by atoms with E-state index in [0.717, 1.165) is 0 Å². The Bertz CT molecular complexity index is 361. The number of carbonyl (C=O) groups is 2. The second-order valence-corrected chi connectivity index (χ2v) is 5.71. The fourth-order valence-electron chi connectivity index (χ4n) is 1.21. The van der Waals surface area contributed by atoms with Gasteiger partial charge in [-0.25, -0.2) is 4.79 Å². The first-order valence-corrected chi connectivity index (χ1v) is 7.53. The lowest BCUT2D eigenvalue weighted by atomic mass is 10.0. The van der Waals surface area contributed by atoms with E-state index in [9.17, 15) is 14.2 Å². The van der Waals surface area contributed by atoms with Gasteiger partial charge in [-0.15, -0.1) is 0 Å². The van der Waals surface area contributed by atoms with Gasteiger partial charge in [0.2, 0.25) is 5.91 Å². The topological polar surface area (TPSA) is 128 Å². The number of amides is 1. The Labute approximate surface area is 119 Å². The first-order valence-electron chi connectivity index (χ1n) is 6.27. The third-order valence-corrected chi connectivity index (χ3v) is 2.76. The number of carbonyl (C=O) groups excluding carboxylic acids is 2. The van der Waals surface area contributed by atoms with Crippen LogP contribution in [0.25, 0.3) is 0 Å². The minimum atomic E-state index is -3.20. The second-order valence-electron chi connectivity index (χ2n) is 4.89. The quantitative estimate of drug-likeness (QED) is 0.418. The SMILES string of the molecule is CC(C)OC(=O)[C@H](CO[PH](=O)O)NC(=O)[C@H](N)C(C)C. The molecular formula is C11H23N2O6P. The maximum atomic E-state index is 11.8. The molecule has 9 heteroatoms. The van der Waals surface area contributed by atoms with Crippen molar-refractivity contribution >= 4 is 20.1 Å². The van der Waals surface area contributed by atoms with Crippen LogP contribution in [0.5, 0.6) is 0 Å². The maximum absolute atomic E-state index is 11.8. The number of nitrogens with one attached hydrogen (secondary N) is 1. The number of ether oxygens (including phenoxy) is 1. The molecule has 0 aliphatic rings. The molecule has 0 aliphatic heterocycles. The van der Waals surface area contributed by atoms with Gasteiger partial charge < -0.3 is 25.2 Å². The lowest BCUT2D eigenvalue weighted by Gasteiger charge is -2.21. The van der Waals surface area contributed by atoms with E-state index in [4.69, 9.17) is 15.4 Å². The number of esters is 1. The smallest absolute Gasteiger partial charge is 0.331 e. The van der Waals surface area contributed by atoms with Crippen molar-refractivity contribution in [1.29, 1.82) is 0 Å². The summed E-state index contributed by atoms with van der Waals surface area (Å²) in [6.07, 6.45) is -0.383. The summed E-state index contributed by atoms with van der Waals surface area (Å²) >= 11 is 0. The lowest BCUT2D eigenvalue weighted by molar-refractivity contribution is -0.152. The van der Waals surface area contributed by atoms with E-state index in [1.807, 2.05) is 0 Å². The summed E-state index contributed by atoms with van der Waals surface area (Å²) in [6.45, 7) is 6.36. The summed E-state index contributed by atoms with van der Waals surface area (Å²) in [6, 6.07) is -1.97. The van der Waals surface area contributed by atoms with E-state index >= 15 is 0 Å². The highest BCUT2D eigenvalue weighted by atomic mass is 31.1. The lowest BCUT2D eigenvalue weighted by Crippen LogP contribution is -2.52. The van der Waals surface area contributed by atoms with Crippen molar-refractivity contribution in [2.75, 3.05) is 6.61 Å². The molecule has 0 spiro atoms. The largest absolute Gasteiger partial charge is 0.461 e. The predicted octanol–water partition coefficient (Wildman–Crippen LogP) is -0.195. The fraction of sp³-hybridized carbons (Fsp3) is 0.818. The van der Waals surface area contributed by atoms with Crippen LogP contribution in [0, 0.1) is 5.92 Å². The van der Waals surface area contributed by atoms with E-state index in [1.54, 1.807) is 27.7 Å². The van der Waals surface area contributed by atoms with Gasteiger partial charge in [0.1, 0.15) is 0 Å². The van der Waals surface area contributed by atoms with E-state index in [1.165, 1.54) is 0 Å². The zero-order valence-corrected chi connectivity index (χ0v) is 13.1. The minimum absolute atomic E-state index is 0.116. The maximum Gasteiger partial charge on any atom is 0.331 e. The van der Waals surface area contributed by atoms with Crippen molar-refractivity contribution in [3.8, 4) is 0 Å². The third-order valence-electron chi connectivity index (χ3n) is 2.35. The average molecular weight is 310 g/mol. The molecule has 4 N–H and O–H groups in total. The van der Waals surface area contributed by atoms with Crippen LogP contribution in [0.4, 0.5) is 0 Å². The Hall–Kier alpha value is -0.950. The summed E-state index contributed by atoms with van der Waals surface area (Å²) < 4.78 is 20.0. The summed E-state index contributed by atoms with van der Waals surface area (Å²) in [5.41, 5.74) is 5.66. The van der Waals surface area contributed by atoms with E-state index in [-0.39, 0.29) is 12.0 Å². The van der Waals surface area contributed by atoms with Crippen molar-refractivity contribution < 1.29 is 28.3 Å². The highest BCUT2D eigenvalue weighted by molar-refractivity contribution is 7.32. The van der Waals surface area contributed by atoms with Gasteiger partial charge in [-0.1, -0.05) is 13.8 Å². The molecule has 0 radical (unpaired) electrons. The normalized spacial score (nSPS) is 15.8. The average Bonchev–Trinajstić information content (AvgIpc) is 2.31. The van der Waals surface area contributed by atoms with Crippen LogP contribution in [-0.2, 0) is 23.4 Å². The predicted molar refractivity (Wildman–Crippen MR) is 73.1 cm³/mol. The molecule has 1 amide bonds. The minimum Gasteiger partial charge on any atom is -0.461 e. The zero-order chi connectivity index (χ0) is 15.9. The van der Waals surface area contributed by atoms with Crippen LogP contribution in [0.15, 0.2) is 0 Å². The van der Waals surface area contributed by atoms with Crippen LogP contribution in [0.3, 0.4) is 0 Å². The highest BCUT2D eigenvalue weighted by Crippen LogP contribution is 2.15. The monoisotopic (exact) mass is 310 g/mol. The molecule has 0 bridgehead atoms. The van der Waals surface area contributed by atoms with Crippen molar-refractivity contribution in [2.24, 2.45) is 11.7 Å². The van der Waals surface area contributed by atoms with Gasteiger partial charge in [-0.3, -0.25) is 9.36 Å². The van der Waals surface area contributed by atoms with Gasteiger partial charge in [-0.2, -0.15) is 0 Å². The molecule has 0 saturated carbocycles. The Morgan fingerprint density at radius 3 is 2.25 bits per heavy atom. The van der Waals surface area contributed by atoms with Gasteiger partial charge in [0, 0.05) is 0 Å². The molecular weight excluding hydrogens is 287 g/mol. The van der Waals surface area contributed by atoms with Crippen molar-refractivity contribution in [1.82, 2.24) is 5.32 Å². The molecule has 0 heterocycles. The van der Waals surface area contributed by atoms with Crippen LogP contribution in [0.1, 0.15) is 27.7 Å². The molecule has 20 heavy (non-hydrogen) atoms. The van der Waals surface area contributed by atoms with Crippen LogP contribution >= 0.6 is 8.25 Å². The van der Waals surface area contributed by atoms with Crippen LogP contribution in [0.2, 0.25) is 0 Å². The molecule has 0 saturated heterocycles. The Morgan fingerprint density at radius 1 is 1.30 bits per heavy atom. The second kappa shape index (κ2) is 9.07. The van der Waals surface area contributed by atoms with Crippen LogP contribution < -0.4 is 11.1 Å². The number of nitrogens with two attached hydrogens (primary N) is 1. The van der Waals surface area contributed by atoms with Gasteiger partial charge in [0.05, 0.1) is 18.8 Å². The Balaban J connectivity index is 4.71. The van der Waals surface area contributed by atoms with Crippen molar-refractivity contribution in [3.63, 3.8) is 0 Å². The molecule has 0 rings (SSSR count). The molecule has 0 fully saturated rings. The molecule has 0 aromatic heterocycles. The van der Waals surface area contributed by atoms with E-state index < -0.39 is 38.8 Å². The van der Waals surface area contributed by atoms with Crippen molar-refractivity contribution in [3.05, 3.63) is 0 Å². The van der Waals surface area contributed by atoms with Crippen LogP contribution in [-0.4, -0.2) is 41.6 Å². The number of hydrogen-bond acceptors (Lipinski definition) is 6. The molecule has 0 aliphatic carbocycles. The van der Waals surface area contributed by atoms with E-state index in [2.05, 4.69) is 9.84 Å². The molecule has 0 aromatic carbocycles. The Kier molecular flexibility index (Phi) is 8.64. The van der Waals surface area contributed by atoms with Gasteiger partial charge >= 0.3 is 14.2 Å². The fourth-order valence-corrected chi connectivity index (χ4v) is 1.52. The summed E-state index contributed by atoms with van der Waals surface area (Å²) in [5.74, 6) is -1.41. The molecule has 0 aromatic rings. The van der Waals surface area contributed by atoms with Gasteiger partial charge in [0.25, 0.3) is 0 Å². The summed E-state index contributed by atoms with van der Waals surface area (Å²) in [5, 5.41) is 2.36.